The molecule has 0 bridgehead atoms. The minimum Gasteiger partial charge on any atom is -0.324 e. The molecule has 0 aliphatic carbocycles. The molecule has 4 nitrogen and oxygen atoms in total. The van der Waals surface area contributed by atoms with Crippen LogP contribution in [-0.4, -0.2) is 32.1 Å². The van der Waals surface area contributed by atoms with Gasteiger partial charge in [-0.2, -0.15) is 0 Å². The Morgan fingerprint density at radius 3 is 2.56 bits per heavy atom. The average molecular weight is 358 g/mol. The summed E-state index contributed by atoms with van der Waals surface area (Å²) in [4.78, 5) is 16.5. The summed E-state index contributed by atoms with van der Waals surface area (Å²) in [6.45, 7) is 8.30. The van der Waals surface area contributed by atoms with E-state index in [4.69, 9.17) is 0 Å². The second-order valence-electron chi connectivity index (χ2n) is 6.81. The Kier molecular flexibility index (Phi) is 7.59. The number of amides is 1. The molecule has 0 aliphatic rings. The molecule has 25 heavy (non-hydrogen) atoms. The minimum atomic E-state index is -1.03. The fraction of sp³-hybridized carbons (Fsp3) is 0.500. The highest BCUT2D eigenvalue weighted by Crippen LogP contribution is 2.26. The van der Waals surface area contributed by atoms with E-state index >= 15 is 0 Å². The van der Waals surface area contributed by atoms with Gasteiger partial charge in [0.25, 0.3) is 0 Å². The lowest BCUT2D eigenvalue weighted by Gasteiger charge is -2.28. The van der Waals surface area contributed by atoms with E-state index in [1.54, 1.807) is 6.20 Å². The highest BCUT2D eigenvalue weighted by Gasteiger charge is 2.25. The summed E-state index contributed by atoms with van der Waals surface area (Å²) in [7, 11) is -1.03. The highest BCUT2D eigenvalue weighted by atomic mass is 28.3. The number of carbonyl (C=O) groups excluding carboxylic acids is 1. The molecular weight excluding hydrogens is 326 g/mol. The number of para-hydroxylation sites is 1. The number of pyridine rings is 1. The fourth-order valence-corrected chi connectivity index (χ4v) is 6.90. The number of hydrogen-bond donors (Lipinski definition) is 2. The number of rotatable bonds is 10. The van der Waals surface area contributed by atoms with E-state index in [0.717, 1.165) is 23.1 Å². The zero-order chi connectivity index (χ0) is 18.1. The molecule has 0 unspecified atom stereocenters. The zero-order valence-electron chi connectivity index (χ0n) is 15.8. The van der Waals surface area contributed by atoms with Crippen molar-refractivity contribution in [1.82, 2.24) is 10.3 Å². The largest absolute Gasteiger partial charge is 0.324 e. The molecule has 2 rings (SSSR count). The number of nitrogens with zero attached hydrogens (tertiary/aromatic N) is 1. The Balaban J connectivity index is 1.73. The molecule has 1 aromatic carbocycles. The maximum absolute atomic E-state index is 12.1. The number of carbonyl (C=O) groups is 1. The van der Waals surface area contributed by atoms with E-state index in [0.29, 0.717) is 6.54 Å². The molecule has 0 spiro atoms. The Bertz CT molecular complexity index is 677. The van der Waals surface area contributed by atoms with Crippen LogP contribution < -0.4 is 10.6 Å². The first-order valence-electron chi connectivity index (χ1n) is 9.48. The van der Waals surface area contributed by atoms with Crippen LogP contribution in [0.25, 0.3) is 10.9 Å². The fourth-order valence-electron chi connectivity index (χ4n) is 3.42. The van der Waals surface area contributed by atoms with Crippen molar-refractivity contribution >= 4 is 30.6 Å². The number of fused-ring (bicyclic) bond motifs is 1. The van der Waals surface area contributed by atoms with E-state index in [2.05, 4.69) is 36.4 Å². The van der Waals surface area contributed by atoms with Crippen LogP contribution in [0.2, 0.25) is 24.2 Å². The first-order chi connectivity index (χ1) is 12.1. The maximum atomic E-state index is 12.1. The van der Waals surface area contributed by atoms with Crippen molar-refractivity contribution in [2.45, 2.75) is 51.4 Å². The summed E-state index contributed by atoms with van der Waals surface area (Å²) in [5, 5.41) is 7.23. The topological polar surface area (TPSA) is 54.0 Å². The second kappa shape index (κ2) is 9.68. The molecule has 136 valence electrons. The zero-order valence-corrected chi connectivity index (χ0v) is 16.8. The molecule has 0 saturated heterocycles. The van der Waals surface area contributed by atoms with Crippen LogP contribution in [0.3, 0.4) is 0 Å². The average Bonchev–Trinajstić information content (AvgIpc) is 2.65. The van der Waals surface area contributed by atoms with Gasteiger partial charge in [0, 0.05) is 5.39 Å². The van der Waals surface area contributed by atoms with Crippen LogP contribution in [0.4, 0.5) is 5.69 Å². The quantitative estimate of drug-likeness (QED) is 0.480. The van der Waals surface area contributed by atoms with E-state index in [-0.39, 0.29) is 5.91 Å². The number of aromatic nitrogens is 1. The number of anilines is 1. The summed E-state index contributed by atoms with van der Waals surface area (Å²) in [6.07, 6.45) is 2.89. The SMILES string of the molecule is CC[Si](CC)(CC)CCCNCC(=O)Nc1cnc2ccccc2c1. The maximum Gasteiger partial charge on any atom is 0.238 e. The lowest BCUT2D eigenvalue weighted by atomic mass is 10.2. The Morgan fingerprint density at radius 1 is 1.12 bits per heavy atom. The number of benzene rings is 1. The molecule has 2 N–H and O–H groups in total. The first-order valence-corrected chi connectivity index (χ1v) is 12.3. The van der Waals surface area contributed by atoms with Crippen LogP contribution in [0.5, 0.6) is 0 Å². The molecule has 0 fully saturated rings. The summed E-state index contributed by atoms with van der Waals surface area (Å²) < 4.78 is 0. The molecular formula is C20H31N3OSi. The normalized spacial score (nSPS) is 11.6. The summed E-state index contributed by atoms with van der Waals surface area (Å²) in [5.41, 5.74) is 1.69. The molecule has 1 aromatic heterocycles. The van der Waals surface area contributed by atoms with Gasteiger partial charge in [-0.15, -0.1) is 0 Å². The van der Waals surface area contributed by atoms with E-state index < -0.39 is 8.07 Å². The third-order valence-corrected chi connectivity index (χ3v) is 11.4. The molecule has 0 radical (unpaired) electrons. The third-order valence-electron chi connectivity index (χ3n) is 5.47. The second-order valence-corrected chi connectivity index (χ2v) is 12.4. The standard InChI is InChI=1S/C20H31N3OSi/c1-4-25(5-2,6-3)13-9-12-21-16-20(24)23-18-14-17-10-7-8-11-19(17)22-15-18/h7-8,10-11,14-15,21H,4-6,9,12-13,16H2,1-3H3,(H,23,24). The molecule has 1 heterocycles. The van der Waals surface area contributed by atoms with Gasteiger partial charge >= 0.3 is 0 Å². The third kappa shape index (κ3) is 5.65. The molecule has 0 saturated carbocycles. The van der Waals surface area contributed by atoms with Crippen molar-refractivity contribution in [3.05, 3.63) is 36.5 Å². The highest BCUT2D eigenvalue weighted by molar-refractivity contribution is 6.79. The van der Waals surface area contributed by atoms with E-state index in [9.17, 15) is 4.79 Å². The number of hydrogen-bond acceptors (Lipinski definition) is 3. The van der Waals surface area contributed by atoms with Gasteiger partial charge < -0.3 is 10.6 Å². The Hall–Kier alpha value is -1.72. The molecule has 1 amide bonds. The van der Waals surface area contributed by atoms with E-state index in [1.807, 2.05) is 30.3 Å². The first kappa shape index (κ1) is 19.6. The predicted octanol–water partition coefficient (Wildman–Crippen LogP) is 4.66. The molecule has 2 aromatic rings. The van der Waals surface area contributed by atoms with Crippen molar-refractivity contribution in [2.24, 2.45) is 0 Å². The molecule has 5 heteroatoms. The van der Waals surface area contributed by atoms with Crippen molar-refractivity contribution in [3.63, 3.8) is 0 Å². The van der Waals surface area contributed by atoms with Crippen LogP contribution in [0, 0.1) is 0 Å². The lowest BCUT2D eigenvalue weighted by molar-refractivity contribution is -0.115. The van der Waals surface area contributed by atoms with Gasteiger partial charge in [-0.3, -0.25) is 9.78 Å². The Morgan fingerprint density at radius 2 is 1.84 bits per heavy atom. The van der Waals surface area contributed by atoms with Crippen LogP contribution in [-0.2, 0) is 4.79 Å². The molecule has 0 atom stereocenters. The smallest absolute Gasteiger partial charge is 0.238 e. The molecule has 0 aliphatic heterocycles. The monoisotopic (exact) mass is 357 g/mol. The van der Waals surface area contributed by atoms with Gasteiger partial charge in [0.2, 0.25) is 5.91 Å². The van der Waals surface area contributed by atoms with Crippen molar-refractivity contribution in [2.75, 3.05) is 18.4 Å². The van der Waals surface area contributed by atoms with Gasteiger partial charge in [0.1, 0.15) is 0 Å². The summed E-state index contributed by atoms with van der Waals surface area (Å²) >= 11 is 0. The summed E-state index contributed by atoms with van der Waals surface area (Å²) in [6, 6.07) is 15.3. The van der Waals surface area contributed by atoms with Gasteiger partial charge in [0.15, 0.2) is 0 Å². The lowest BCUT2D eigenvalue weighted by Crippen LogP contribution is -2.33. The summed E-state index contributed by atoms with van der Waals surface area (Å²) in [5.74, 6) is -0.0120. The van der Waals surface area contributed by atoms with Gasteiger partial charge in [-0.1, -0.05) is 63.1 Å². The number of nitrogens with one attached hydrogen (secondary N) is 2. The van der Waals surface area contributed by atoms with Gasteiger partial charge in [0.05, 0.1) is 32.0 Å². The van der Waals surface area contributed by atoms with Crippen LogP contribution >= 0.6 is 0 Å². The Labute approximate surface area is 152 Å². The minimum absolute atomic E-state index is 0.0120. The predicted molar refractivity (Wildman–Crippen MR) is 110 cm³/mol. The van der Waals surface area contributed by atoms with Crippen molar-refractivity contribution in [3.8, 4) is 0 Å². The van der Waals surface area contributed by atoms with Crippen LogP contribution in [0.1, 0.15) is 27.2 Å². The van der Waals surface area contributed by atoms with Gasteiger partial charge in [-0.05, 0) is 25.1 Å². The van der Waals surface area contributed by atoms with Gasteiger partial charge in [-0.25, -0.2) is 0 Å². The van der Waals surface area contributed by atoms with E-state index in [1.165, 1.54) is 30.6 Å². The van der Waals surface area contributed by atoms with Crippen LogP contribution in [0.15, 0.2) is 36.5 Å². The van der Waals surface area contributed by atoms with Crippen molar-refractivity contribution < 1.29 is 4.79 Å². The van der Waals surface area contributed by atoms with Crippen molar-refractivity contribution in [1.29, 1.82) is 0 Å².